The maximum absolute atomic E-state index is 12.1. The molecule has 0 aliphatic heterocycles. The van der Waals surface area contributed by atoms with E-state index >= 15 is 0 Å². The van der Waals surface area contributed by atoms with Crippen molar-refractivity contribution >= 4 is 7.82 Å². The summed E-state index contributed by atoms with van der Waals surface area (Å²) in [4.78, 5) is 0. The first-order valence-corrected chi connectivity index (χ1v) is 8.52. The van der Waals surface area contributed by atoms with Gasteiger partial charge in [-0.25, -0.2) is 4.57 Å². The molecule has 5 heteroatoms. The van der Waals surface area contributed by atoms with Crippen molar-refractivity contribution in [3.8, 4) is 0 Å². The third kappa shape index (κ3) is 8.25. The molecule has 110 valence electrons. The summed E-state index contributed by atoms with van der Waals surface area (Å²) in [7, 11) is -1.95. The zero-order chi connectivity index (χ0) is 13.9. The Balaban J connectivity index is 4.05. The SMILES string of the molecule is CCCCOP(=O)(OC)OCC(CC)CCCC. The van der Waals surface area contributed by atoms with Crippen LogP contribution < -0.4 is 0 Å². The second-order valence-electron chi connectivity index (χ2n) is 4.53. The lowest BCUT2D eigenvalue weighted by Gasteiger charge is -2.19. The fourth-order valence-corrected chi connectivity index (χ4v) is 2.59. The highest BCUT2D eigenvalue weighted by atomic mass is 31.2. The third-order valence-corrected chi connectivity index (χ3v) is 4.39. The van der Waals surface area contributed by atoms with E-state index in [0.29, 0.717) is 19.1 Å². The molecule has 0 bridgehead atoms. The average molecular weight is 280 g/mol. The van der Waals surface area contributed by atoms with Gasteiger partial charge in [0, 0.05) is 7.11 Å². The maximum Gasteiger partial charge on any atom is 0.474 e. The fraction of sp³-hybridized carbons (Fsp3) is 1.00. The van der Waals surface area contributed by atoms with Crippen molar-refractivity contribution in [1.82, 2.24) is 0 Å². The van der Waals surface area contributed by atoms with Crippen molar-refractivity contribution < 1.29 is 18.1 Å². The number of hydrogen-bond acceptors (Lipinski definition) is 4. The molecule has 0 aliphatic carbocycles. The molecule has 0 aliphatic rings. The molecular weight excluding hydrogens is 251 g/mol. The highest BCUT2D eigenvalue weighted by molar-refractivity contribution is 7.48. The number of hydrogen-bond donors (Lipinski definition) is 0. The smallest absolute Gasteiger partial charge is 0.290 e. The van der Waals surface area contributed by atoms with E-state index in [9.17, 15) is 4.57 Å². The molecule has 0 aromatic heterocycles. The van der Waals surface area contributed by atoms with E-state index in [-0.39, 0.29) is 0 Å². The van der Waals surface area contributed by atoms with Crippen LogP contribution in [0.25, 0.3) is 0 Å². The molecule has 0 saturated heterocycles. The van der Waals surface area contributed by atoms with Crippen LogP contribution in [0.3, 0.4) is 0 Å². The van der Waals surface area contributed by atoms with E-state index in [1.165, 1.54) is 20.0 Å². The number of phosphoric ester groups is 1. The van der Waals surface area contributed by atoms with Crippen molar-refractivity contribution in [3.05, 3.63) is 0 Å². The quantitative estimate of drug-likeness (QED) is 0.381. The predicted octanol–water partition coefficient (Wildman–Crippen LogP) is 4.79. The third-order valence-electron chi connectivity index (χ3n) is 2.98. The second kappa shape index (κ2) is 11.0. The van der Waals surface area contributed by atoms with E-state index in [1.54, 1.807) is 0 Å². The van der Waals surface area contributed by atoms with Crippen LogP contribution in [0.5, 0.6) is 0 Å². The summed E-state index contributed by atoms with van der Waals surface area (Å²) in [6, 6.07) is 0. The van der Waals surface area contributed by atoms with Gasteiger partial charge in [-0.3, -0.25) is 13.6 Å². The van der Waals surface area contributed by atoms with E-state index in [1.807, 2.05) is 0 Å². The summed E-state index contributed by atoms with van der Waals surface area (Å²) in [6.07, 6.45) is 6.34. The fourth-order valence-electron chi connectivity index (χ4n) is 1.56. The number of rotatable bonds is 12. The van der Waals surface area contributed by atoms with Crippen LogP contribution in [0, 0.1) is 5.92 Å². The highest BCUT2D eigenvalue weighted by Crippen LogP contribution is 2.49. The normalized spacial score (nSPS) is 16.4. The van der Waals surface area contributed by atoms with E-state index in [0.717, 1.165) is 25.7 Å². The lowest BCUT2D eigenvalue weighted by molar-refractivity contribution is 0.111. The van der Waals surface area contributed by atoms with Gasteiger partial charge in [-0.15, -0.1) is 0 Å². The summed E-state index contributed by atoms with van der Waals surface area (Å²) in [5.41, 5.74) is 0. The van der Waals surface area contributed by atoms with Gasteiger partial charge in [0.05, 0.1) is 13.2 Å². The molecule has 0 rings (SSSR count). The Bertz CT molecular complexity index is 233. The Morgan fingerprint density at radius 1 is 1.06 bits per heavy atom. The summed E-state index contributed by atoms with van der Waals surface area (Å²) < 4.78 is 27.6. The van der Waals surface area contributed by atoms with Gasteiger partial charge in [-0.1, -0.05) is 46.5 Å². The lowest BCUT2D eigenvalue weighted by Crippen LogP contribution is -2.09. The molecule has 0 spiro atoms. The Hall–Kier alpha value is 0.110. The first kappa shape index (κ1) is 18.1. The van der Waals surface area contributed by atoms with Gasteiger partial charge in [0.2, 0.25) is 0 Å². The largest absolute Gasteiger partial charge is 0.474 e. The molecule has 2 atom stereocenters. The Labute approximate surface area is 112 Å². The van der Waals surface area contributed by atoms with E-state index in [2.05, 4.69) is 20.8 Å². The van der Waals surface area contributed by atoms with Crippen LogP contribution in [0.2, 0.25) is 0 Å². The average Bonchev–Trinajstić information content (AvgIpc) is 2.39. The number of phosphoric acid groups is 1. The Morgan fingerprint density at radius 2 is 1.72 bits per heavy atom. The second-order valence-corrected chi connectivity index (χ2v) is 6.30. The number of unbranched alkanes of at least 4 members (excludes halogenated alkanes) is 2. The predicted molar refractivity (Wildman–Crippen MR) is 74.7 cm³/mol. The Kier molecular flexibility index (Phi) is 11.0. The molecule has 0 fully saturated rings. The minimum atomic E-state index is -3.33. The molecule has 0 amide bonds. The molecule has 0 saturated carbocycles. The standard InChI is InChI=1S/C13H29O4P/c1-5-8-10-13(7-3)12-17-18(14,15-4)16-11-9-6-2/h13H,5-12H2,1-4H3. The van der Waals surface area contributed by atoms with Crippen LogP contribution >= 0.6 is 7.82 Å². The molecule has 0 aromatic carbocycles. The molecular formula is C13H29O4P. The molecule has 4 nitrogen and oxygen atoms in total. The summed E-state index contributed by atoms with van der Waals surface area (Å²) in [6.45, 7) is 7.22. The van der Waals surface area contributed by atoms with Gasteiger partial charge in [-0.05, 0) is 18.8 Å². The van der Waals surface area contributed by atoms with Gasteiger partial charge < -0.3 is 0 Å². The minimum Gasteiger partial charge on any atom is -0.290 e. The summed E-state index contributed by atoms with van der Waals surface area (Å²) in [5.74, 6) is 0.434. The molecule has 0 radical (unpaired) electrons. The monoisotopic (exact) mass is 280 g/mol. The van der Waals surface area contributed by atoms with Gasteiger partial charge in [0.15, 0.2) is 0 Å². The molecule has 2 unspecified atom stereocenters. The van der Waals surface area contributed by atoms with Crippen molar-refractivity contribution in [2.24, 2.45) is 5.92 Å². The lowest BCUT2D eigenvalue weighted by atomic mass is 10.0. The van der Waals surface area contributed by atoms with Crippen molar-refractivity contribution in [3.63, 3.8) is 0 Å². The van der Waals surface area contributed by atoms with Gasteiger partial charge in [-0.2, -0.15) is 0 Å². The van der Waals surface area contributed by atoms with Crippen LogP contribution in [0.1, 0.15) is 59.3 Å². The Morgan fingerprint density at radius 3 is 2.22 bits per heavy atom. The van der Waals surface area contributed by atoms with E-state index < -0.39 is 7.82 Å². The molecule has 0 heterocycles. The van der Waals surface area contributed by atoms with Crippen LogP contribution in [-0.2, 0) is 18.1 Å². The van der Waals surface area contributed by atoms with E-state index in [4.69, 9.17) is 13.6 Å². The van der Waals surface area contributed by atoms with Crippen molar-refractivity contribution in [2.45, 2.75) is 59.3 Å². The van der Waals surface area contributed by atoms with Crippen LogP contribution in [0.15, 0.2) is 0 Å². The summed E-state index contributed by atoms with van der Waals surface area (Å²) in [5, 5.41) is 0. The van der Waals surface area contributed by atoms with Crippen LogP contribution in [-0.4, -0.2) is 20.3 Å². The summed E-state index contributed by atoms with van der Waals surface area (Å²) >= 11 is 0. The molecule has 0 aromatic rings. The minimum absolute atomic E-state index is 0.424. The molecule has 18 heavy (non-hydrogen) atoms. The van der Waals surface area contributed by atoms with Gasteiger partial charge >= 0.3 is 7.82 Å². The molecule has 0 N–H and O–H groups in total. The topological polar surface area (TPSA) is 44.8 Å². The first-order chi connectivity index (χ1) is 8.61. The first-order valence-electron chi connectivity index (χ1n) is 7.06. The maximum atomic E-state index is 12.1. The highest BCUT2D eigenvalue weighted by Gasteiger charge is 2.25. The zero-order valence-electron chi connectivity index (χ0n) is 12.3. The van der Waals surface area contributed by atoms with Gasteiger partial charge in [0.25, 0.3) is 0 Å². The van der Waals surface area contributed by atoms with Gasteiger partial charge in [0.1, 0.15) is 0 Å². The van der Waals surface area contributed by atoms with Crippen molar-refractivity contribution in [1.29, 1.82) is 0 Å². The zero-order valence-corrected chi connectivity index (χ0v) is 13.2. The van der Waals surface area contributed by atoms with Crippen LogP contribution in [0.4, 0.5) is 0 Å². The van der Waals surface area contributed by atoms with Crippen molar-refractivity contribution in [2.75, 3.05) is 20.3 Å².